The molecule has 0 amide bonds. The molecule has 0 aliphatic rings. The predicted molar refractivity (Wildman–Crippen MR) is 72.9 cm³/mol. The van der Waals surface area contributed by atoms with E-state index in [-0.39, 0.29) is 23.7 Å². The highest BCUT2D eigenvalue weighted by atomic mass is 32.2. The van der Waals surface area contributed by atoms with Crippen molar-refractivity contribution in [3.63, 3.8) is 0 Å². The van der Waals surface area contributed by atoms with Gasteiger partial charge in [-0.3, -0.25) is 4.79 Å². The third-order valence-electron chi connectivity index (χ3n) is 2.72. The number of carbonyl (C=O) groups excluding carboxylic acids is 1. The monoisotopic (exact) mass is 326 g/mol. The normalized spacial score (nSPS) is 14.7. The molecular weight excluding hydrogens is 311 g/mol. The van der Waals surface area contributed by atoms with Gasteiger partial charge in [-0.1, -0.05) is 42.1 Å². The third kappa shape index (κ3) is 6.93. The van der Waals surface area contributed by atoms with Crippen LogP contribution in [-0.4, -0.2) is 29.4 Å². The second-order valence-electron chi connectivity index (χ2n) is 4.49. The van der Waals surface area contributed by atoms with Crippen LogP contribution in [0, 0.1) is 0 Å². The van der Waals surface area contributed by atoms with Crippen molar-refractivity contribution in [3.8, 4) is 0 Å². The van der Waals surface area contributed by atoms with E-state index in [1.165, 1.54) is 0 Å². The number of hydrogen-bond acceptors (Lipinski definition) is 2. The summed E-state index contributed by atoms with van der Waals surface area (Å²) in [5.74, 6) is 0.289. The van der Waals surface area contributed by atoms with Gasteiger partial charge in [0.2, 0.25) is 5.12 Å². The van der Waals surface area contributed by atoms with Crippen LogP contribution in [0.1, 0.15) is 29.6 Å². The number of benzene rings is 1. The lowest BCUT2D eigenvalue weighted by Crippen LogP contribution is -2.27. The molecule has 0 spiro atoms. The van der Waals surface area contributed by atoms with E-state index in [4.69, 9.17) is 0 Å². The molecule has 0 aliphatic carbocycles. The van der Waals surface area contributed by atoms with Gasteiger partial charge in [-0.15, -0.1) is 0 Å². The molecule has 2 unspecified atom stereocenters. The average Bonchev–Trinajstić information content (AvgIpc) is 2.43. The Morgan fingerprint density at radius 1 is 1.14 bits per heavy atom. The maximum atomic E-state index is 13.2. The van der Waals surface area contributed by atoms with E-state index in [0.29, 0.717) is 5.56 Å². The Labute approximate surface area is 123 Å². The van der Waals surface area contributed by atoms with Crippen LogP contribution >= 0.6 is 11.8 Å². The first-order valence-corrected chi connectivity index (χ1v) is 7.36. The molecule has 0 N–H and O–H groups in total. The first kappa shape index (κ1) is 17.9. The molecule has 1 nitrogen and oxygen atoms in total. The Bertz CT molecular complexity index is 435. The van der Waals surface area contributed by atoms with E-state index in [1.807, 2.05) is 0 Å². The van der Waals surface area contributed by atoms with Crippen molar-refractivity contribution in [1.82, 2.24) is 0 Å². The van der Waals surface area contributed by atoms with Gasteiger partial charge in [0.05, 0.1) is 0 Å². The van der Waals surface area contributed by atoms with Crippen LogP contribution in [-0.2, 0) is 0 Å². The Hall–Kier alpha value is -1.11. The highest BCUT2D eigenvalue weighted by Crippen LogP contribution is 2.28. The van der Waals surface area contributed by atoms with Crippen molar-refractivity contribution in [1.29, 1.82) is 0 Å². The minimum Gasteiger partial charge on any atom is -0.282 e. The summed E-state index contributed by atoms with van der Waals surface area (Å²) in [6.45, 7) is 0. The minimum atomic E-state index is -5.01. The summed E-state index contributed by atoms with van der Waals surface area (Å²) < 4.78 is 61.5. The van der Waals surface area contributed by atoms with Gasteiger partial charge in [0.15, 0.2) is 6.17 Å². The Morgan fingerprint density at radius 3 is 2.33 bits per heavy atom. The highest BCUT2D eigenvalue weighted by molar-refractivity contribution is 8.14. The van der Waals surface area contributed by atoms with Crippen molar-refractivity contribution in [2.24, 2.45) is 0 Å². The Kier molecular flexibility index (Phi) is 7.14. The van der Waals surface area contributed by atoms with Crippen LogP contribution in [0.5, 0.6) is 0 Å². The average molecular weight is 326 g/mol. The van der Waals surface area contributed by atoms with Crippen LogP contribution in [0.25, 0.3) is 0 Å². The zero-order valence-electron chi connectivity index (χ0n) is 11.1. The summed E-state index contributed by atoms with van der Waals surface area (Å²) in [4.78, 5) is 11.7. The lowest BCUT2D eigenvalue weighted by atomic mass is 10.1. The fraction of sp³-hybridized carbons (Fsp3) is 0.500. The molecule has 0 bridgehead atoms. The van der Waals surface area contributed by atoms with Crippen LogP contribution in [0.4, 0.5) is 22.0 Å². The van der Waals surface area contributed by atoms with Crippen molar-refractivity contribution in [2.75, 3.05) is 5.75 Å². The smallest absolute Gasteiger partial charge is 0.282 e. The molecule has 1 aromatic carbocycles. The second-order valence-corrected chi connectivity index (χ2v) is 5.55. The summed E-state index contributed by atoms with van der Waals surface area (Å²) in [5.41, 5.74) is 0.514. The Balaban J connectivity index is 2.21. The maximum absolute atomic E-state index is 13.2. The summed E-state index contributed by atoms with van der Waals surface area (Å²) in [6.07, 6.45) is -11.1. The van der Waals surface area contributed by atoms with Gasteiger partial charge >= 0.3 is 6.18 Å². The number of thioether (sulfide) groups is 1. The van der Waals surface area contributed by atoms with Gasteiger partial charge < -0.3 is 0 Å². The van der Waals surface area contributed by atoms with E-state index in [9.17, 15) is 26.7 Å². The fourth-order valence-corrected chi connectivity index (χ4v) is 2.40. The van der Waals surface area contributed by atoms with E-state index in [0.717, 1.165) is 11.8 Å². The maximum Gasteiger partial charge on any atom is 0.419 e. The number of alkyl halides is 5. The number of rotatable bonds is 7. The molecule has 0 fully saturated rings. The summed E-state index contributed by atoms with van der Waals surface area (Å²) in [6, 6.07) is 8.48. The highest BCUT2D eigenvalue weighted by Gasteiger charge is 2.41. The number of hydrogen-bond donors (Lipinski definition) is 0. The second kappa shape index (κ2) is 8.36. The minimum absolute atomic E-state index is 0.176. The number of halogens is 5. The van der Waals surface area contributed by atoms with Gasteiger partial charge in [-0.25, -0.2) is 8.78 Å². The zero-order chi connectivity index (χ0) is 15.9. The molecule has 1 aromatic rings. The molecule has 7 heteroatoms. The first-order chi connectivity index (χ1) is 9.80. The third-order valence-corrected chi connectivity index (χ3v) is 3.71. The zero-order valence-corrected chi connectivity index (χ0v) is 11.9. The van der Waals surface area contributed by atoms with Gasteiger partial charge in [-0.2, -0.15) is 13.2 Å². The molecule has 0 saturated carbocycles. The standard InChI is InChI=1S/C14H15F5OS/c15-11(9-12(16)14(17,18)19)7-4-8-21-13(20)10-5-2-1-3-6-10/h1-3,5-6,11-12H,4,7-9H2. The van der Waals surface area contributed by atoms with E-state index >= 15 is 0 Å². The summed E-state index contributed by atoms with van der Waals surface area (Å²) in [5, 5.41) is -0.176. The van der Waals surface area contributed by atoms with Crippen LogP contribution in [0.3, 0.4) is 0 Å². The van der Waals surface area contributed by atoms with Crippen LogP contribution in [0.2, 0.25) is 0 Å². The molecule has 0 aliphatic heterocycles. The SMILES string of the molecule is O=C(SCCCC(F)CC(F)C(F)(F)F)c1ccccc1. The van der Waals surface area contributed by atoms with Crippen molar-refractivity contribution in [3.05, 3.63) is 35.9 Å². The van der Waals surface area contributed by atoms with Gasteiger partial charge in [0.25, 0.3) is 0 Å². The molecule has 0 heterocycles. The van der Waals surface area contributed by atoms with E-state index < -0.39 is 24.9 Å². The molecule has 118 valence electrons. The summed E-state index contributed by atoms with van der Waals surface area (Å²) >= 11 is 0.974. The lowest BCUT2D eigenvalue weighted by Gasteiger charge is -2.14. The van der Waals surface area contributed by atoms with E-state index in [1.54, 1.807) is 30.3 Å². The quantitative estimate of drug-likeness (QED) is 0.520. The molecule has 1 rings (SSSR count). The fourth-order valence-electron chi connectivity index (χ4n) is 1.60. The van der Waals surface area contributed by atoms with Crippen molar-refractivity contribution < 1.29 is 26.7 Å². The van der Waals surface area contributed by atoms with Crippen molar-refractivity contribution >= 4 is 16.9 Å². The first-order valence-electron chi connectivity index (χ1n) is 6.37. The molecule has 0 radical (unpaired) electrons. The van der Waals surface area contributed by atoms with Gasteiger partial charge in [0.1, 0.15) is 6.17 Å². The van der Waals surface area contributed by atoms with Crippen LogP contribution < -0.4 is 0 Å². The molecule has 2 atom stereocenters. The number of carbonyl (C=O) groups is 1. The van der Waals surface area contributed by atoms with Crippen molar-refractivity contribution in [2.45, 2.75) is 37.8 Å². The van der Waals surface area contributed by atoms with Gasteiger partial charge in [-0.05, 0) is 12.8 Å². The molecular formula is C14H15F5OS. The topological polar surface area (TPSA) is 17.1 Å². The summed E-state index contributed by atoms with van der Waals surface area (Å²) in [7, 11) is 0. The van der Waals surface area contributed by atoms with E-state index in [2.05, 4.69) is 0 Å². The molecule has 0 saturated heterocycles. The molecule has 0 aromatic heterocycles. The predicted octanol–water partition coefficient (Wildman–Crippen LogP) is 4.97. The van der Waals surface area contributed by atoms with Gasteiger partial charge in [0, 0.05) is 17.7 Å². The molecule has 21 heavy (non-hydrogen) atoms. The van der Waals surface area contributed by atoms with Crippen LogP contribution in [0.15, 0.2) is 30.3 Å². The Morgan fingerprint density at radius 2 is 1.76 bits per heavy atom. The lowest BCUT2D eigenvalue weighted by molar-refractivity contribution is -0.185. The largest absolute Gasteiger partial charge is 0.419 e.